The van der Waals surface area contributed by atoms with E-state index >= 15 is 0 Å². The molecule has 0 spiro atoms. The van der Waals surface area contributed by atoms with E-state index in [1.54, 1.807) is 12.1 Å². The number of anilines is 2. The number of carbonyl (C=O) groups is 1. The third kappa shape index (κ3) is 4.02. The van der Waals surface area contributed by atoms with E-state index in [4.69, 9.17) is 0 Å². The van der Waals surface area contributed by atoms with Gasteiger partial charge < -0.3 is 10.1 Å². The van der Waals surface area contributed by atoms with E-state index in [0.29, 0.717) is 18.8 Å². The van der Waals surface area contributed by atoms with E-state index in [0.717, 1.165) is 0 Å². The molecule has 0 radical (unpaired) electrons. The van der Waals surface area contributed by atoms with Crippen LogP contribution in [0.5, 0.6) is 5.75 Å². The second-order valence-electron chi connectivity index (χ2n) is 5.39. The predicted octanol–water partition coefficient (Wildman–Crippen LogP) is 2.62. The highest BCUT2D eigenvalue weighted by Crippen LogP contribution is 2.23. The molecule has 1 fully saturated rings. The normalized spacial score (nSPS) is 14.4. The molecule has 0 unspecified atom stereocenters. The first-order valence-electron chi connectivity index (χ1n) is 7.58. The van der Waals surface area contributed by atoms with Crippen LogP contribution in [-0.4, -0.2) is 34.1 Å². The highest BCUT2D eigenvalue weighted by atomic mass is 32.2. The molecule has 0 aliphatic carbocycles. The Bertz CT molecular complexity index is 887. The average molecular weight is 383 g/mol. The third-order valence-corrected chi connectivity index (χ3v) is 5.04. The fraction of sp³-hybridized carbons (Fsp3) is 0.188. The number of hydrogen-bond donors (Lipinski definition) is 2. The minimum atomic E-state index is -3.86. The Morgan fingerprint density at radius 2 is 1.73 bits per heavy atom. The largest absolute Gasteiger partial charge is 0.435 e. The van der Waals surface area contributed by atoms with Crippen LogP contribution in [0.25, 0.3) is 0 Å². The molecule has 0 aromatic heterocycles. The van der Waals surface area contributed by atoms with Crippen molar-refractivity contribution in [1.82, 2.24) is 5.32 Å². The van der Waals surface area contributed by atoms with Gasteiger partial charge in [-0.15, -0.1) is 0 Å². The molecule has 0 saturated carbocycles. The molecule has 2 aromatic carbocycles. The van der Waals surface area contributed by atoms with Gasteiger partial charge in [0.1, 0.15) is 5.75 Å². The molecule has 1 saturated heterocycles. The second kappa shape index (κ2) is 7.16. The molecule has 0 bridgehead atoms. The molecule has 10 heteroatoms. The van der Waals surface area contributed by atoms with Gasteiger partial charge in [-0.25, -0.2) is 13.2 Å². The smallest absolute Gasteiger partial charge is 0.387 e. The zero-order valence-corrected chi connectivity index (χ0v) is 14.2. The van der Waals surface area contributed by atoms with Crippen molar-refractivity contribution >= 4 is 27.4 Å². The van der Waals surface area contributed by atoms with Crippen LogP contribution in [0.4, 0.5) is 25.0 Å². The van der Waals surface area contributed by atoms with E-state index in [1.807, 2.05) is 0 Å². The van der Waals surface area contributed by atoms with Crippen molar-refractivity contribution in [3.05, 3.63) is 48.5 Å². The number of alkyl halides is 2. The summed E-state index contributed by atoms with van der Waals surface area (Å²) in [7, 11) is -3.86. The lowest BCUT2D eigenvalue weighted by Crippen LogP contribution is -2.27. The van der Waals surface area contributed by atoms with Gasteiger partial charge >= 0.3 is 12.6 Å². The van der Waals surface area contributed by atoms with Crippen LogP contribution in [0.15, 0.2) is 53.4 Å². The lowest BCUT2D eigenvalue weighted by Gasteiger charge is -2.15. The van der Waals surface area contributed by atoms with Crippen molar-refractivity contribution in [2.45, 2.75) is 11.5 Å². The van der Waals surface area contributed by atoms with Gasteiger partial charge in [-0.2, -0.15) is 8.78 Å². The van der Waals surface area contributed by atoms with Crippen LogP contribution in [-0.2, 0) is 10.0 Å². The summed E-state index contributed by atoms with van der Waals surface area (Å²) >= 11 is 0. The fourth-order valence-corrected chi connectivity index (χ4v) is 3.50. The second-order valence-corrected chi connectivity index (χ2v) is 7.07. The van der Waals surface area contributed by atoms with Gasteiger partial charge in [0.15, 0.2) is 0 Å². The Morgan fingerprint density at radius 1 is 1.08 bits per heavy atom. The standard InChI is InChI=1S/C16H15F2N3O4S/c17-15(18)25-13-5-1-11(2-6-13)20-26(23,24)14-7-3-12(4-8-14)21-10-9-19-16(21)22/h1-8,15,20H,9-10H2,(H,19,22). The van der Waals surface area contributed by atoms with Gasteiger partial charge in [0.25, 0.3) is 10.0 Å². The Hall–Kier alpha value is -2.88. The van der Waals surface area contributed by atoms with Gasteiger partial charge in [0.2, 0.25) is 0 Å². The van der Waals surface area contributed by atoms with Crippen molar-refractivity contribution in [1.29, 1.82) is 0 Å². The van der Waals surface area contributed by atoms with Gasteiger partial charge in [-0.05, 0) is 48.5 Å². The predicted molar refractivity (Wildman–Crippen MR) is 91.1 cm³/mol. The minimum Gasteiger partial charge on any atom is -0.435 e. The number of rotatable bonds is 6. The number of hydrogen-bond acceptors (Lipinski definition) is 4. The van der Waals surface area contributed by atoms with Crippen molar-refractivity contribution in [2.75, 3.05) is 22.7 Å². The molecule has 7 nitrogen and oxygen atoms in total. The molecule has 3 rings (SSSR count). The molecular formula is C16H15F2N3O4S. The third-order valence-electron chi connectivity index (χ3n) is 3.65. The summed E-state index contributed by atoms with van der Waals surface area (Å²) in [6, 6.07) is 10.7. The van der Waals surface area contributed by atoms with E-state index in [2.05, 4.69) is 14.8 Å². The number of nitrogens with one attached hydrogen (secondary N) is 2. The van der Waals surface area contributed by atoms with Crippen LogP contribution in [0, 0.1) is 0 Å². The maximum atomic E-state index is 12.4. The summed E-state index contributed by atoms with van der Waals surface area (Å²) in [5.74, 6) is -0.0730. The Labute approximate surface area is 148 Å². The van der Waals surface area contributed by atoms with Crippen molar-refractivity contribution in [2.24, 2.45) is 0 Å². The Balaban J connectivity index is 1.72. The van der Waals surface area contributed by atoms with E-state index in [1.165, 1.54) is 41.3 Å². The van der Waals surface area contributed by atoms with Gasteiger partial charge in [-0.3, -0.25) is 9.62 Å². The monoisotopic (exact) mass is 383 g/mol. The number of ether oxygens (including phenoxy) is 1. The molecule has 26 heavy (non-hydrogen) atoms. The van der Waals surface area contributed by atoms with Crippen molar-refractivity contribution in [3.8, 4) is 5.75 Å². The first-order valence-corrected chi connectivity index (χ1v) is 9.06. The average Bonchev–Trinajstić information content (AvgIpc) is 3.02. The lowest BCUT2D eigenvalue weighted by atomic mass is 10.3. The summed E-state index contributed by atoms with van der Waals surface area (Å²) in [6.07, 6.45) is 0. The number of amides is 2. The van der Waals surface area contributed by atoms with Gasteiger partial charge in [-0.1, -0.05) is 0 Å². The number of benzene rings is 2. The summed E-state index contributed by atoms with van der Waals surface area (Å²) in [6.45, 7) is -1.91. The number of carbonyl (C=O) groups excluding carboxylic acids is 1. The van der Waals surface area contributed by atoms with Gasteiger partial charge in [0, 0.05) is 24.5 Å². The number of urea groups is 1. The summed E-state index contributed by atoms with van der Waals surface area (Å²) < 4.78 is 55.6. The summed E-state index contributed by atoms with van der Waals surface area (Å²) in [4.78, 5) is 13.1. The molecule has 2 aromatic rings. The minimum absolute atomic E-state index is 0.00811. The molecule has 0 atom stereocenters. The van der Waals surface area contributed by atoms with Crippen LogP contribution in [0.1, 0.15) is 0 Å². The summed E-state index contributed by atoms with van der Waals surface area (Å²) in [5, 5.41) is 2.66. The zero-order chi connectivity index (χ0) is 18.7. The van der Waals surface area contributed by atoms with Crippen LogP contribution in [0.3, 0.4) is 0 Å². The topological polar surface area (TPSA) is 87.7 Å². The van der Waals surface area contributed by atoms with Crippen LogP contribution in [0.2, 0.25) is 0 Å². The van der Waals surface area contributed by atoms with Crippen molar-refractivity contribution < 1.29 is 26.7 Å². The van der Waals surface area contributed by atoms with Crippen LogP contribution >= 0.6 is 0 Å². The molecule has 1 aliphatic heterocycles. The number of nitrogens with zero attached hydrogens (tertiary/aromatic N) is 1. The molecule has 2 amide bonds. The SMILES string of the molecule is O=C1NCCN1c1ccc(S(=O)(=O)Nc2ccc(OC(F)F)cc2)cc1. The fourth-order valence-electron chi connectivity index (χ4n) is 2.44. The Kier molecular flexibility index (Phi) is 4.94. The first-order chi connectivity index (χ1) is 12.3. The summed E-state index contributed by atoms with van der Waals surface area (Å²) in [5.41, 5.74) is 0.794. The first kappa shape index (κ1) is 17.9. The number of sulfonamides is 1. The molecule has 1 aliphatic rings. The maximum absolute atomic E-state index is 12.4. The quantitative estimate of drug-likeness (QED) is 0.803. The lowest BCUT2D eigenvalue weighted by molar-refractivity contribution is -0.0498. The maximum Gasteiger partial charge on any atom is 0.387 e. The van der Waals surface area contributed by atoms with E-state index < -0.39 is 16.6 Å². The molecule has 138 valence electrons. The van der Waals surface area contributed by atoms with Crippen molar-refractivity contribution in [3.63, 3.8) is 0 Å². The Morgan fingerprint density at radius 3 is 2.27 bits per heavy atom. The molecular weight excluding hydrogens is 368 g/mol. The van der Waals surface area contributed by atoms with E-state index in [-0.39, 0.29) is 22.4 Å². The molecule has 1 heterocycles. The van der Waals surface area contributed by atoms with Gasteiger partial charge in [0.05, 0.1) is 4.90 Å². The van der Waals surface area contributed by atoms with Crippen LogP contribution < -0.4 is 19.7 Å². The van der Waals surface area contributed by atoms with E-state index in [9.17, 15) is 22.0 Å². The highest BCUT2D eigenvalue weighted by molar-refractivity contribution is 7.92. The molecule has 2 N–H and O–H groups in total. The number of halogens is 2. The highest BCUT2D eigenvalue weighted by Gasteiger charge is 2.22. The zero-order valence-electron chi connectivity index (χ0n) is 13.4.